The first-order valence-electron chi connectivity index (χ1n) is 1.84. The van der Waals surface area contributed by atoms with Gasteiger partial charge in [0.2, 0.25) is 0 Å². The fraction of sp³-hybridized carbons (Fsp3) is 0.500. The largest absolute Gasteiger partial charge is 0.296 e. The third kappa shape index (κ3) is 2.60. The average Bonchev–Trinajstić information content (AvgIpc) is 1.67. The fourth-order valence-corrected chi connectivity index (χ4v) is 0.137. The summed E-state index contributed by atoms with van der Waals surface area (Å²) in [7, 11) is 0. The highest BCUT2D eigenvalue weighted by Crippen LogP contribution is 2.14. The second-order valence-corrected chi connectivity index (χ2v) is 1.19. The van der Waals surface area contributed by atoms with Crippen molar-refractivity contribution in [3.63, 3.8) is 0 Å². The summed E-state index contributed by atoms with van der Waals surface area (Å²) in [6.45, 7) is -1.85. The van der Waals surface area contributed by atoms with E-state index in [1.165, 1.54) is 0 Å². The van der Waals surface area contributed by atoms with E-state index in [1.807, 2.05) is 0 Å². The molecule has 0 unspecified atom stereocenters. The van der Waals surface area contributed by atoms with Gasteiger partial charge >= 0.3 is 0 Å². The molecule has 8 heavy (non-hydrogen) atoms. The van der Waals surface area contributed by atoms with Crippen molar-refractivity contribution in [2.75, 3.05) is 6.67 Å². The van der Waals surface area contributed by atoms with Crippen LogP contribution in [0.1, 0.15) is 0 Å². The molecule has 0 atom stereocenters. The molecule has 0 aromatic carbocycles. The molecule has 0 saturated carbocycles. The summed E-state index contributed by atoms with van der Waals surface area (Å²) in [5.41, 5.74) is 0. The Morgan fingerprint density at radius 1 is 1.38 bits per heavy atom. The molecule has 0 bridgehead atoms. The molecular formula is C4H4F4. The van der Waals surface area contributed by atoms with E-state index in [0.717, 1.165) is 0 Å². The highest BCUT2D eigenvalue weighted by molar-refractivity contribution is 4.89. The summed E-state index contributed by atoms with van der Waals surface area (Å²) in [4.78, 5) is 0. The predicted octanol–water partition coefficient (Wildman–Crippen LogP) is 2.07. The van der Waals surface area contributed by atoms with Gasteiger partial charge in [0.25, 0.3) is 5.92 Å². The lowest BCUT2D eigenvalue weighted by Gasteiger charge is -2.01. The molecule has 0 aliphatic carbocycles. The van der Waals surface area contributed by atoms with Gasteiger partial charge in [-0.2, -0.15) is 8.78 Å². The molecule has 4 heteroatoms. The van der Waals surface area contributed by atoms with E-state index >= 15 is 0 Å². The van der Waals surface area contributed by atoms with Crippen LogP contribution in [-0.2, 0) is 0 Å². The SMILES string of the molecule is F/C=C/C(F)(F)CF. The standard InChI is InChI=1S/C4H4F4/c5-2-1-4(7,8)3-6/h1-2H,3H2/b2-1+. The zero-order chi connectivity index (χ0) is 6.62. The van der Waals surface area contributed by atoms with Crippen LogP contribution in [0.5, 0.6) is 0 Å². The van der Waals surface area contributed by atoms with Gasteiger partial charge in [-0.15, -0.1) is 0 Å². The van der Waals surface area contributed by atoms with E-state index in [1.54, 1.807) is 0 Å². The van der Waals surface area contributed by atoms with E-state index in [-0.39, 0.29) is 12.4 Å². The smallest absolute Gasteiger partial charge is 0.244 e. The fourth-order valence-electron chi connectivity index (χ4n) is 0.137. The lowest BCUT2D eigenvalue weighted by molar-refractivity contribution is 0.0266. The Morgan fingerprint density at radius 2 is 1.88 bits per heavy atom. The van der Waals surface area contributed by atoms with E-state index in [2.05, 4.69) is 0 Å². The lowest BCUT2D eigenvalue weighted by atomic mass is 10.4. The summed E-state index contributed by atoms with van der Waals surface area (Å²) in [6.07, 6.45) is -0.507. The Kier molecular flexibility index (Phi) is 2.51. The number of alkyl halides is 3. The first kappa shape index (κ1) is 7.46. The Bertz CT molecular complexity index is 86.0. The van der Waals surface area contributed by atoms with Crippen molar-refractivity contribution in [3.8, 4) is 0 Å². The second-order valence-electron chi connectivity index (χ2n) is 1.19. The third-order valence-corrected chi connectivity index (χ3v) is 0.485. The number of allylic oxidation sites excluding steroid dienone is 1. The van der Waals surface area contributed by atoms with E-state index < -0.39 is 12.6 Å². The molecule has 0 fully saturated rings. The van der Waals surface area contributed by atoms with Crippen LogP contribution in [0.4, 0.5) is 17.6 Å². The zero-order valence-corrected chi connectivity index (χ0v) is 3.87. The van der Waals surface area contributed by atoms with E-state index in [0.29, 0.717) is 0 Å². The van der Waals surface area contributed by atoms with Gasteiger partial charge in [-0.3, -0.25) is 0 Å². The second kappa shape index (κ2) is 2.69. The molecular weight excluding hydrogens is 124 g/mol. The summed E-state index contributed by atoms with van der Waals surface area (Å²) in [6, 6.07) is 0. The van der Waals surface area contributed by atoms with Gasteiger partial charge in [0, 0.05) is 6.08 Å². The molecule has 0 nitrogen and oxygen atoms in total. The monoisotopic (exact) mass is 128 g/mol. The summed E-state index contributed by atoms with van der Waals surface area (Å²) >= 11 is 0. The van der Waals surface area contributed by atoms with Crippen molar-refractivity contribution in [3.05, 3.63) is 12.4 Å². The Hall–Kier alpha value is -0.540. The van der Waals surface area contributed by atoms with Gasteiger partial charge < -0.3 is 0 Å². The molecule has 0 radical (unpaired) electrons. The van der Waals surface area contributed by atoms with Crippen LogP contribution in [0.3, 0.4) is 0 Å². The number of halogens is 4. The normalized spacial score (nSPS) is 13.0. The molecule has 0 aromatic heterocycles. The number of hydrogen-bond acceptors (Lipinski definition) is 0. The highest BCUT2D eigenvalue weighted by Gasteiger charge is 2.24. The van der Waals surface area contributed by atoms with Gasteiger partial charge in [-0.1, -0.05) is 0 Å². The first-order valence-corrected chi connectivity index (χ1v) is 1.84. The van der Waals surface area contributed by atoms with Gasteiger partial charge in [0.05, 0.1) is 6.33 Å². The van der Waals surface area contributed by atoms with Gasteiger partial charge in [-0.05, 0) is 0 Å². The van der Waals surface area contributed by atoms with E-state index in [4.69, 9.17) is 0 Å². The number of rotatable bonds is 2. The topological polar surface area (TPSA) is 0 Å². The van der Waals surface area contributed by atoms with E-state index in [9.17, 15) is 17.6 Å². The minimum Gasteiger partial charge on any atom is -0.244 e. The summed E-state index contributed by atoms with van der Waals surface area (Å²) in [5.74, 6) is -3.63. The minimum absolute atomic E-state index is 0.132. The van der Waals surface area contributed by atoms with Crippen LogP contribution in [0, 0.1) is 0 Å². The molecule has 0 N–H and O–H groups in total. The Labute approximate surface area is 43.8 Å². The van der Waals surface area contributed by atoms with Crippen LogP contribution in [-0.4, -0.2) is 12.6 Å². The number of hydrogen-bond donors (Lipinski definition) is 0. The van der Waals surface area contributed by atoms with Crippen molar-refractivity contribution in [2.24, 2.45) is 0 Å². The molecule has 48 valence electrons. The van der Waals surface area contributed by atoms with Crippen molar-refractivity contribution in [1.82, 2.24) is 0 Å². The molecule has 0 spiro atoms. The molecule has 0 amide bonds. The van der Waals surface area contributed by atoms with Gasteiger partial charge in [-0.25, -0.2) is 8.78 Å². The predicted molar refractivity (Wildman–Crippen MR) is 21.2 cm³/mol. The van der Waals surface area contributed by atoms with Crippen LogP contribution in [0.25, 0.3) is 0 Å². The van der Waals surface area contributed by atoms with Gasteiger partial charge in [0.15, 0.2) is 6.67 Å². The molecule has 0 aromatic rings. The lowest BCUT2D eigenvalue weighted by Crippen LogP contribution is -2.13. The molecule has 0 saturated heterocycles. The molecule has 0 aliphatic rings. The van der Waals surface area contributed by atoms with Crippen LogP contribution in [0.15, 0.2) is 12.4 Å². The maximum atomic E-state index is 11.5. The van der Waals surface area contributed by atoms with Crippen LogP contribution in [0.2, 0.25) is 0 Å². The third-order valence-electron chi connectivity index (χ3n) is 0.485. The summed E-state index contributed by atoms with van der Waals surface area (Å²) < 4.78 is 44.7. The average molecular weight is 128 g/mol. The molecule has 0 aliphatic heterocycles. The van der Waals surface area contributed by atoms with Crippen molar-refractivity contribution >= 4 is 0 Å². The molecule has 0 rings (SSSR count). The van der Waals surface area contributed by atoms with Crippen molar-refractivity contribution in [2.45, 2.75) is 5.92 Å². The maximum absolute atomic E-state index is 11.5. The van der Waals surface area contributed by atoms with Crippen molar-refractivity contribution < 1.29 is 17.6 Å². The maximum Gasteiger partial charge on any atom is 0.296 e. The highest BCUT2D eigenvalue weighted by atomic mass is 19.3. The van der Waals surface area contributed by atoms with Crippen LogP contribution >= 0.6 is 0 Å². The zero-order valence-electron chi connectivity index (χ0n) is 3.87. The summed E-state index contributed by atoms with van der Waals surface area (Å²) in [5, 5.41) is 0. The first-order chi connectivity index (χ1) is 3.62. The van der Waals surface area contributed by atoms with Crippen molar-refractivity contribution in [1.29, 1.82) is 0 Å². The minimum atomic E-state index is -3.63. The quantitative estimate of drug-likeness (QED) is 0.499. The van der Waals surface area contributed by atoms with Crippen LogP contribution < -0.4 is 0 Å². The Balaban J connectivity index is 3.71. The van der Waals surface area contributed by atoms with Gasteiger partial charge in [0.1, 0.15) is 0 Å². The Morgan fingerprint density at radius 3 is 2.00 bits per heavy atom. The molecule has 0 heterocycles.